The Bertz CT molecular complexity index is 647. The molecule has 2 aromatic carbocycles. The number of carbonyl (C=O) groups excluding carboxylic acids is 1. The Morgan fingerprint density at radius 2 is 1.86 bits per heavy atom. The fourth-order valence-electron chi connectivity index (χ4n) is 2.50. The molecule has 3 heteroatoms. The predicted octanol–water partition coefficient (Wildman–Crippen LogP) is 3.51. The van der Waals surface area contributed by atoms with Crippen molar-refractivity contribution in [3.8, 4) is 11.1 Å². The van der Waals surface area contributed by atoms with Crippen LogP contribution >= 0.6 is 0 Å². The molecule has 2 aromatic rings. The van der Waals surface area contributed by atoms with Crippen LogP contribution in [0.3, 0.4) is 0 Å². The van der Waals surface area contributed by atoms with Gasteiger partial charge in [-0.15, -0.1) is 0 Å². The maximum Gasteiger partial charge on any atom is 0.338 e. The summed E-state index contributed by atoms with van der Waals surface area (Å²) in [5, 5.41) is 0. The van der Waals surface area contributed by atoms with E-state index in [0.29, 0.717) is 5.56 Å². The van der Waals surface area contributed by atoms with Crippen LogP contribution in [-0.2, 0) is 11.3 Å². The molecule has 0 saturated carbocycles. The molecule has 0 heterocycles. The summed E-state index contributed by atoms with van der Waals surface area (Å²) >= 11 is 0. The van der Waals surface area contributed by atoms with Gasteiger partial charge in [0.2, 0.25) is 0 Å². The summed E-state index contributed by atoms with van der Waals surface area (Å²) in [5.74, 6) is -0.304. The molecule has 0 saturated heterocycles. The summed E-state index contributed by atoms with van der Waals surface area (Å²) < 4.78 is 4.88. The molecule has 0 bridgehead atoms. The minimum absolute atomic E-state index is 0.304. The molecule has 0 fully saturated rings. The van der Waals surface area contributed by atoms with E-state index >= 15 is 0 Å². The van der Waals surface area contributed by atoms with Crippen molar-refractivity contribution in [1.29, 1.82) is 0 Å². The average Bonchev–Trinajstić information content (AvgIpc) is 2.45. The highest BCUT2D eigenvalue weighted by molar-refractivity contribution is 5.97. The number of hydrogen-bond donors (Lipinski definition) is 0. The number of esters is 1. The van der Waals surface area contributed by atoms with Gasteiger partial charge in [0.1, 0.15) is 0 Å². The topological polar surface area (TPSA) is 29.5 Å². The van der Waals surface area contributed by atoms with E-state index in [-0.39, 0.29) is 5.97 Å². The molecule has 0 aromatic heterocycles. The lowest BCUT2D eigenvalue weighted by molar-refractivity contribution is 0.0601. The Morgan fingerprint density at radius 3 is 2.52 bits per heavy atom. The van der Waals surface area contributed by atoms with E-state index in [2.05, 4.69) is 30.0 Å². The molecule has 0 aliphatic carbocycles. The third kappa shape index (κ3) is 3.70. The second-order valence-electron chi connectivity index (χ2n) is 5.48. The lowest BCUT2D eigenvalue weighted by Crippen LogP contribution is -2.11. The van der Waals surface area contributed by atoms with Gasteiger partial charge in [-0.05, 0) is 49.8 Å². The van der Waals surface area contributed by atoms with Crippen molar-refractivity contribution in [3.05, 3.63) is 59.2 Å². The third-order valence-corrected chi connectivity index (χ3v) is 3.28. The highest BCUT2D eigenvalue weighted by atomic mass is 16.5. The summed E-state index contributed by atoms with van der Waals surface area (Å²) in [6.45, 7) is 2.94. The van der Waals surface area contributed by atoms with Crippen LogP contribution in [0.1, 0.15) is 21.5 Å². The zero-order chi connectivity index (χ0) is 15.4. The molecule has 0 aliphatic heterocycles. The quantitative estimate of drug-likeness (QED) is 0.804. The number of nitrogens with zero attached hydrogens (tertiary/aromatic N) is 1. The number of rotatable bonds is 4. The van der Waals surface area contributed by atoms with Crippen LogP contribution in [0.15, 0.2) is 42.5 Å². The Labute approximate surface area is 126 Å². The summed E-state index contributed by atoms with van der Waals surface area (Å²) in [5.41, 5.74) is 4.97. The number of methoxy groups -OCH3 is 1. The average molecular weight is 283 g/mol. The first-order chi connectivity index (χ1) is 10.0. The Balaban J connectivity index is 2.51. The molecular weight excluding hydrogens is 262 g/mol. The smallest absolute Gasteiger partial charge is 0.338 e. The van der Waals surface area contributed by atoms with Gasteiger partial charge in [-0.1, -0.05) is 35.9 Å². The van der Waals surface area contributed by atoms with Gasteiger partial charge < -0.3 is 9.64 Å². The van der Waals surface area contributed by atoms with Gasteiger partial charge >= 0.3 is 5.97 Å². The van der Waals surface area contributed by atoms with E-state index in [1.807, 2.05) is 32.3 Å². The van der Waals surface area contributed by atoms with Crippen molar-refractivity contribution < 1.29 is 9.53 Å². The number of aryl methyl sites for hydroxylation is 1. The molecule has 21 heavy (non-hydrogen) atoms. The summed E-state index contributed by atoms with van der Waals surface area (Å²) in [4.78, 5) is 14.1. The standard InChI is InChI=1S/C18H21NO2/c1-13-9-14(12-19(2)3)11-15(10-13)16-7-5-6-8-17(16)18(20)21-4/h5-11H,12H2,1-4H3. The van der Waals surface area contributed by atoms with Gasteiger partial charge in [0.15, 0.2) is 0 Å². The van der Waals surface area contributed by atoms with E-state index in [1.54, 1.807) is 6.07 Å². The first kappa shape index (κ1) is 15.3. The summed E-state index contributed by atoms with van der Waals surface area (Å²) in [6, 6.07) is 14.0. The molecule has 0 spiro atoms. The third-order valence-electron chi connectivity index (χ3n) is 3.28. The van der Waals surface area contributed by atoms with E-state index in [1.165, 1.54) is 18.2 Å². The zero-order valence-electron chi connectivity index (χ0n) is 13.0. The van der Waals surface area contributed by atoms with Gasteiger partial charge in [-0.3, -0.25) is 0 Å². The number of carbonyl (C=O) groups is 1. The monoisotopic (exact) mass is 283 g/mol. The van der Waals surface area contributed by atoms with Crippen LogP contribution in [0, 0.1) is 6.92 Å². The Kier molecular flexibility index (Phi) is 4.76. The largest absolute Gasteiger partial charge is 0.465 e. The second kappa shape index (κ2) is 6.55. The van der Waals surface area contributed by atoms with E-state index in [9.17, 15) is 4.79 Å². The van der Waals surface area contributed by atoms with Crippen LogP contribution < -0.4 is 0 Å². The molecule has 110 valence electrons. The van der Waals surface area contributed by atoms with Crippen LogP contribution in [0.25, 0.3) is 11.1 Å². The molecule has 2 rings (SSSR count). The van der Waals surface area contributed by atoms with E-state index in [4.69, 9.17) is 4.74 Å². The Hall–Kier alpha value is -2.13. The van der Waals surface area contributed by atoms with Crippen molar-refractivity contribution >= 4 is 5.97 Å². The molecule has 0 atom stereocenters. The molecule has 0 aliphatic rings. The lowest BCUT2D eigenvalue weighted by atomic mass is 9.96. The molecule has 0 unspecified atom stereocenters. The van der Waals surface area contributed by atoms with Crippen LogP contribution in [0.2, 0.25) is 0 Å². The minimum atomic E-state index is -0.304. The summed E-state index contributed by atoms with van der Waals surface area (Å²) in [6.07, 6.45) is 0. The summed E-state index contributed by atoms with van der Waals surface area (Å²) in [7, 11) is 5.50. The van der Waals surface area contributed by atoms with Gasteiger partial charge in [-0.2, -0.15) is 0 Å². The van der Waals surface area contributed by atoms with Crippen LogP contribution in [0.5, 0.6) is 0 Å². The van der Waals surface area contributed by atoms with Gasteiger partial charge in [0, 0.05) is 6.54 Å². The van der Waals surface area contributed by atoms with Crippen molar-refractivity contribution in [2.45, 2.75) is 13.5 Å². The van der Waals surface area contributed by atoms with Crippen molar-refractivity contribution in [2.24, 2.45) is 0 Å². The van der Waals surface area contributed by atoms with E-state index in [0.717, 1.165) is 17.7 Å². The van der Waals surface area contributed by atoms with Crippen molar-refractivity contribution in [1.82, 2.24) is 4.90 Å². The highest BCUT2D eigenvalue weighted by Gasteiger charge is 2.13. The second-order valence-corrected chi connectivity index (χ2v) is 5.48. The predicted molar refractivity (Wildman–Crippen MR) is 85.3 cm³/mol. The first-order valence-electron chi connectivity index (χ1n) is 6.94. The molecule has 0 N–H and O–H groups in total. The van der Waals surface area contributed by atoms with E-state index < -0.39 is 0 Å². The Morgan fingerprint density at radius 1 is 1.14 bits per heavy atom. The van der Waals surface area contributed by atoms with Crippen LogP contribution in [0.4, 0.5) is 0 Å². The van der Waals surface area contributed by atoms with Gasteiger partial charge in [0.05, 0.1) is 12.7 Å². The number of benzene rings is 2. The van der Waals surface area contributed by atoms with Gasteiger partial charge in [-0.25, -0.2) is 4.79 Å². The molecule has 0 radical (unpaired) electrons. The number of hydrogen-bond acceptors (Lipinski definition) is 3. The SMILES string of the molecule is COC(=O)c1ccccc1-c1cc(C)cc(CN(C)C)c1. The lowest BCUT2D eigenvalue weighted by Gasteiger charge is -2.14. The van der Waals surface area contributed by atoms with Crippen molar-refractivity contribution in [3.63, 3.8) is 0 Å². The minimum Gasteiger partial charge on any atom is -0.465 e. The maximum atomic E-state index is 11.9. The fourth-order valence-corrected chi connectivity index (χ4v) is 2.50. The zero-order valence-corrected chi connectivity index (χ0v) is 13.0. The molecular formula is C18H21NO2. The van der Waals surface area contributed by atoms with Crippen LogP contribution in [-0.4, -0.2) is 32.1 Å². The maximum absolute atomic E-state index is 11.9. The normalized spacial score (nSPS) is 10.7. The van der Waals surface area contributed by atoms with Gasteiger partial charge in [0.25, 0.3) is 0 Å². The number of ether oxygens (including phenoxy) is 1. The first-order valence-corrected chi connectivity index (χ1v) is 6.94. The van der Waals surface area contributed by atoms with Crippen molar-refractivity contribution in [2.75, 3.05) is 21.2 Å². The molecule has 0 amide bonds. The fraction of sp³-hybridized carbons (Fsp3) is 0.278. The highest BCUT2D eigenvalue weighted by Crippen LogP contribution is 2.26. The molecule has 3 nitrogen and oxygen atoms in total.